The van der Waals surface area contributed by atoms with Gasteiger partial charge in [-0.3, -0.25) is 4.79 Å². The molecule has 0 aliphatic heterocycles. The van der Waals surface area contributed by atoms with Gasteiger partial charge in [-0.25, -0.2) is 4.79 Å². The molecule has 46 heavy (non-hydrogen) atoms. The lowest BCUT2D eigenvalue weighted by Gasteiger charge is -2.70. The summed E-state index contributed by atoms with van der Waals surface area (Å²) in [6.07, 6.45) is 12.0. The van der Waals surface area contributed by atoms with Gasteiger partial charge in [0.15, 0.2) is 0 Å². The molecule has 0 bridgehead atoms. The number of aromatic nitrogens is 1. The number of carbonyl (C=O) groups is 2. The summed E-state index contributed by atoms with van der Waals surface area (Å²) >= 11 is 6.58. The predicted octanol–water partition coefficient (Wildman–Crippen LogP) is 9.31. The number of rotatable bonds is 3. The zero-order valence-corrected chi connectivity index (χ0v) is 30.3. The number of hydrogen-bond acceptors (Lipinski definition) is 3. The molecule has 8 atom stereocenters. The van der Waals surface area contributed by atoms with Crippen molar-refractivity contribution in [2.45, 2.75) is 125 Å². The highest BCUT2D eigenvalue weighted by molar-refractivity contribution is 6.31. The van der Waals surface area contributed by atoms with E-state index in [2.05, 4.69) is 77.0 Å². The average Bonchev–Trinajstić information content (AvgIpc) is 3.34. The zero-order chi connectivity index (χ0) is 33.2. The highest BCUT2D eigenvalue weighted by Crippen LogP contribution is 2.75. The molecule has 0 saturated heterocycles. The molecule has 1 heterocycles. The Balaban J connectivity index is 1.31. The van der Waals surface area contributed by atoms with Crippen LogP contribution in [0.2, 0.25) is 5.02 Å². The van der Waals surface area contributed by atoms with E-state index >= 15 is 0 Å². The van der Waals surface area contributed by atoms with E-state index in [0.29, 0.717) is 11.8 Å². The van der Waals surface area contributed by atoms with Crippen molar-refractivity contribution in [2.75, 3.05) is 7.11 Å². The van der Waals surface area contributed by atoms with E-state index in [1.165, 1.54) is 42.1 Å². The Morgan fingerprint density at radius 2 is 1.72 bits per heavy atom. The van der Waals surface area contributed by atoms with E-state index in [1.807, 2.05) is 6.07 Å². The Morgan fingerprint density at radius 1 is 1.00 bits per heavy atom. The number of carbonyl (C=O) groups excluding carboxylic acids is 2. The van der Waals surface area contributed by atoms with Gasteiger partial charge >= 0.3 is 5.97 Å². The Hall–Kier alpha value is -2.27. The van der Waals surface area contributed by atoms with Gasteiger partial charge in [-0.1, -0.05) is 71.7 Å². The molecule has 0 radical (unpaired) electrons. The fourth-order valence-corrected chi connectivity index (χ4v) is 12.7. The van der Waals surface area contributed by atoms with Crippen molar-refractivity contribution in [1.29, 1.82) is 0 Å². The SMILES string of the molecule is COC(=O)[C@H](C)NC(=O)[C@]12CCC(C)(C)C[C@H]1C1=CC[C@@H]3[C@@]4(C)Cc5c([nH]c6ccc(Cl)cc56)C(C)(C)[C@@H]4CC[C@@]3(C)[C@]1(C)CC2. The van der Waals surface area contributed by atoms with Crippen LogP contribution < -0.4 is 5.32 Å². The molecule has 0 unspecified atom stereocenters. The third kappa shape index (κ3) is 4.18. The van der Waals surface area contributed by atoms with Gasteiger partial charge in [0, 0.05) is 27.0 Å². The van der Waals surface area contributed by atoms with Crippen molar-refractivity contribution >= 4 is 34.4 Å². The molecule has 0 spiro atoms. The summed E-state index contributed by atoms with van der Waals surface area (Å²) in [7, 11) is 1.39. The number of ether oxygens (including phenoxy) is 1. The Morgan fingerprint density at radius 3 is 2.43 bits per heavy atom. The van der Waals surface area contributed by atoms with Gasteiger partial charge in [0.05, 0.1) is 12.5 Å². The normalized spacial score (nSPS) is 39.4. The molecule has 1 amide bonds. The van der Waals surface area contributed by atoms with Crippen LogP contribution in [-0.2, 0) is 26.2 Å². The molecule has 3 saturated carbocycles. The molecule has 5 aliphatic rings. The van der Waals surface area contributed by atoms with Crippen LogP contribution in [0.5, 0.6) is 0 Å². The maximum Gasteiger partial charge on any atom is 0.328 e. The lowest BCUT2D eigenvalue weighted by Crippen LogP contribution is -2.65. The summed E-state index contributed by atoms with van der Waals surface area (Å²) in [6.45, 7) is 19.3. The summed E-state index contributed by atoms with van der Waals surface area (Å²) in [5.74, 6) is 0.979. The van der Waals surface area contributed by atoms with Crippen molar-refractivity contribution in [2.24, 2.45) is 44.8 Å². The number of H-pyrrole nitrogens is 1. The molecular weight excluding hydrogens is 592 g/mol. The number of allylic oxidation sites excluding steroid dienone is 2. The number of halogens is 1. The molecular formula is C40H55ClN2O3. The predicted molar refractivity (Wildman–Crippen MR) is 186 cm³/mol. The van der Waals surface area contributed by atoms with Gasteiger partial charge in [0.25, 0.3) is 0 Å². The minimum atomic E-state index is -0.646. The average molecular weight is 647 g/mol. The smallest absolute Gasteiger partial charge is 0.328 e. The summed E-state index contributed by atoms with van der Waals surface area (Å²) in [5, 5.41) is 5.21. The summed E-state index contributed by atoms with van der Waals surface area (Å²) in [4.78, 5) is 30.5. The maximum absolute atomic E-state index is 14.3. The molecule has 2 aromatic rings. The van der Waals surface area contributed by atoms with Gasteiger partial charge in [0.2, 0.25) is 5.91 Å². The molecule has 7 rings (SSSR count). The van der Waals surface area contributed by atoms with E-state index in [4.69, 9.17) is 16.3 Å². The van der Waals surface area contributed by atoms with Crippen LogP contribution >= 0.6 is 11.6 Å². The van der Waals surface area contributed by atoms with Crippen molar-refractivity contribution in [3.05, 3.63) is 46.1 Å². The van der Waals surface area contributed by atoms with Crippen molar-refractivity contribution in [3.63, 3.8) is 0 Å². The van der Waals surface area contributed by atoms with Crippen LogP contribution in [0, 0.1) is 44.8 Å². The first-order valence-electron chi connectivity index (χ1n) is 17.8. The second-order valence-electron chi connectivity index (χ2n) is 18.2. The standard InChI is InChI=1S/C40H55ClN2O3/c1-23(33(44)46-9)42-34(45)40-18-16-35(2,3)22-28(40)27-11-13-31-37(6)21-26-25-20-24(41)10-12-29(25)43-32(26)36(4,5)30(37)14-15-39(31,8)38(27,7)17-19-40/h10-12,20,23,28,30-31,43H,13-19,21-22H2,1-9H3,(H,42,45)/t23-,28-,30-,31+,37-,38+,39+,40-/m0/s1. The number of nitrogens with one attached hydrogen (secondary N) is 2. The minimum Gasteiger partial charge on any atom is -0.467 e. The summed E-state index contributed by atoms with van der Waals surface area (Å²) in [6, 6.07) is 5.68. The summed E-state index contributed by atoms with van der Waals surface area (Å²) < 4.78 is 4.98. The van der Waals surface area contributed by atoms with Crippen LogP contribution in [0.1, 0.15) is 118 Å². The molecule has 1 aromatic carbocycles. The molecule has 1 aromatic heterocycles. The van der Waals surface area contributed by atoms with Crippen molar-refractivity contribution in [1.82, 2.24) is 10.3 Å². The van der Waals surface area contributed by atoms with Gasteiger partial charge < -0.3 is 15.0 Å². The number of esters is 1. The van der Waals surface area contributed by atoms with Crippen LogP contribution in [0.25, 0.3) is 10.9 Å². The first-order valence-corrected chi connectivity index (χ1v) is 18.2. The van der Waals surface area contributed by atoms with Gasteiger partial charge in [-0.15, -0.1) is 0 Å². The van der Waals surface area contributed by atoms with E-state index in [0.717, 1.165) is 50.0 Å². The first kappa shape index (κ1) is 32.3. The molecule has 6 heteroatoms. The van der Waals surface area contributed by atoms with Crippen LogP contribution in [0.3, 0.4) is 0 Å². The topological polar surface area (TPSA) is 71.2 Å². The highest BCUT2D eigenvalue weighted by Gasteiger charge is 2.69. The summed E-state index contributed by atoms with van der Waals surface area (Å²) in [5.41, 5.74) is 5.64. The van der Waals surface area contributed by atoms with Gasteiger partial charge in [0.1, 0.15) is 6.04 Å². The fourth-order valence-electron chi connectivity index (χ4n) is 12.5. The zero-order valence-electron chi connectivity index (χ0n) is 29.6. The molecule has 5 nitrogen and oxygen atoms in total. The van der Waals surface area contributed by atoms with Crippen LogP contribution in [-0.4, -0.2) is 30.0 Å². The van der Waals surface area contributed by atoms with Gasteiger partial charge in [-0.05, 0) is 128 Å². The third-order valence-corrected chi connectivity index (χ3v) is 15.4. The molecule has 250 valence electrons. The number of hydrogen-bond donors (Lipinski definition) is 2. The number of amides is 1. The number of methoxy groups -OCH3 is 1. The van der Waals surface area contributed by atoms with E-state index in [1.54, 1.807) is 12.5 Å². The van der Waals surface area contributed by atoms with Crippen molar-refractivity contribution in [3.8, 4) is 0 Å². The lowest BCUT2D eigenvalue weighted by atomic mass is 9.33. The van der Waals surface area contributed by atoms with Gasteiger partial charge in [-0.2, -0.15) is 0 Å². The number of aromatic amines is 1. The minimum absolute atomic E-state index is 0.0215. The second-order valence-corrected chi connectivity index (χ2v) is 18.6. The Kier molecular flexibility index (Phi) is 7.11. The Bertz CT molecular complexity index is 1650. The monoisotopic (exact) mass is 646 g/mol. The van der Waals surface area contributed by atoms with E-state index in [-0.39, 0.29) is 44.9 Å². The van der Waals surface area contributed by atoms with E-state index in [9.17, 15) is 9.59 Å². The molecule has 3 fully saturated rings. The lowest BCUT2D eigenvalue weighted by molar-refractivity contribution is -0.168. The Labute approximate surface area is 281 Å². The third-order valence-electron chi connectivity index (χ3n) is 15.2. The van der Waals surface area contributed by atoms with Crippen LogP contribution in [0.15, 0.2) is 29.8 Å². The number of benzene rings is 1. The quantitative estimate of drug-likeness (QED) is 0.258. The first-order chi connectivity index (χ1) is 21.4. The van der Waals surface area contributed by atoms with E-state index < -0.39 is 11.5 Å². The largest absolute Gasteiger partial charge is 0.467 e. The van der Waals surface area contributed by atoms with Crippen LogP contribution in [0.4, 0.5) is 0 Å². The number of fused-ring (bicyclic) bond motifs is 10. The fraction of sp³-hybridized carbons (Fsp3) is 0.700. The molecule has 2 N–H and O–H groups in total. The molecule has 5 aliphatic carbocycles. The van der Waals surface area contributed by atoms with Crippen molar-refractivity contribution < 1.29 is 14.3 Å². The highest BCUT2D eigenvalue weighted by atomic mass is 35.5. The second kappa shape index (κ2) is 10.1. The maximum atomic E-state index is 14.3.